The van der Waals surface area contributed by atoms with Crippen LogP contribution >= 0.6 is 11.8 Å². The highest BCUT2D eigenvalue weighted by atomic mass is 35.5. The Kier molecular flexibility index (Phi) is 7.75. The first-order chi connectivity index (χ1) is 12.2. The average Bonchev–Trinajstić information content (AvgIpc) is 2.99. The van der Waals surface area contributed by atoms with E-state index in [4.69, 9.17) is 4.74 Å². The van der Waals surface area contributed by atoms with Crippen LogP contribution in [-0.2, 0) is 18.4 Å². The monoisotopic (exact) mass is 388 g/mol. The van der Waals surface area contributed by atoms with Crippen LogP contribution in [0, 0.1) is 0 Å². The smallest absolute Gasteiger partial charge is 0.318 e. The van der Waals surface area contributed by atoms with Crippen molar-refractivity contribution in [2.24, 2.45) is 7.05 Å². The minimum Gasteiger partial charge on any atom is -1.00 e. The molecule has 3 aromatic rings. The Balaban J connectivity index is 0.00000243. The van der Waals surface area contributed by atoms with Crippen LogP contribution in [0.2, 0.25) is 0 Å². The van der Waals surface area contributed by atoms with E-state index in [2.05, 4.69) is 16.7 Å². The van der Waals surface area contributed by atoms with E-state index < -0.39 is 0 Å². The molecule has 0 radical (unpaired) electrons. The molecule has 0 aliphatic rings. The van der Waals surface area contributed by atoms with Crippen molar-refractivity contribution in [3.63, 3.8) is 0 Å². The maximum absolute atomic E-state index is 12.1. The van der Waals surface area contributed by atoms with Gasteiger partial charge in [-0.3, -0.25) is 4.79 Å². The maximum atomic E-state index is 12.1. The van der Waals surface area contributed by atoms with Crippen LogP contribution < -0.4 is 21.7 Å². The van der Waals surface area contributed by atoms with E-state index in [1.54, 1.807) is 0 Å². The van der Waals surface area contributed by atoms with Crippen LogP contribution in [0.3, 0.4) is 0 Å². The number of aromatic nitrogens is 2. The molecule has 0 atom stereocenters. The van der Waals surface area contributed by atoms with Crippen molar-refractivity contribution in [2.45, 2.75) is 11.7 Å². The molecular formula is C20H21ClN2O2S. The number of carbonyl (C=O) groups excluding carboxylic acids is 1. The van der Waals surface area contributed by atoms with E-state index >= 15 is 0 Å². The third kappa shape index (κ3) is 5.64. The third-order valence-electron chi connectivity index (χ3n) is 3.72. The summed E-state index contributed by atoms with van der Waals surface area (Å²) in [7, 11) is 1.99. The quantitative estimate of drug-likeness (QED) is 0.406. The van der Waals surface area contributed by atoms with E-state index in [1.807, 2.05) is 72.5 Å². The highest BCUT2D eigenvalue weighted by molar-refractivity contribution is 7.99. The van der Waals surface area contributed by atoms with Gasteiger partial charge < -0.3 is 17.1 Å². The van der Waals surface area contributed by atoms with Gasteiger partial charge >= 0.3 is 5.16 Å². The van der Waals surface area contributed by atoms with Gasteiger partial charge in [0, 0.05) is 0 Å². The van der Waals surface area contributed by atoms with Crippen LogP contribution in [0.5, 0.6) is 5.75 Å². The minimum absolute atomic E-state index is 0. The van der Waals surface area contributed by atoms with E-state index in [1.165, 1.54) is 17.3 Å². The van der Waals surface area contributed by atoms with Crippen molar-refractivity contribution >= 4 is 17.5 Å². The number of rotatable bonds is 8. The lowest BCUT2D eigenvalue weighted by molar-refractivity contribution is -0.709. The van der Waals surface area contributed by atoms with E-state index in [9.17, 15) is 4.79 Å². The molecule has 0 amide bonds. The summed E-state index contributed by atoms with van der Waals surface area (Å²) in [5, 5.41) is 1.05. The summed E-state index contributed by atoms with van der Waals surface area (Å²) >= 11 is 1.54. The van der Waals surface area contributed by atoms with Gasteiger partial charge in [0.15, 0.2) is 5.78 Å². The van der Waals surface area contributed by atoms with Crippen molar-refractivity contribution in [3.05, 3.63) is 78.6 Å². The first-order valence-electron chi connectivity index (χ1n) is 8.13. The molecule has 1 aromatic heterocycles. The topological polar surface area (TPSA) is 35.1 Å². The average molecular weight is 389 g/mol. The molecule has 6 heteroatoms. The number of halogens is 1. The van der Waals surface area contributed by atoms with Crippen molar-refractivity contribution in [1.82, 2.24) is 4.57 Å². The highest BCUT2D eigenvalue weighted by Crippen LogP contribution is 2.16. The zero-order chi connectivity index (χ0) is 17.5. The van der Waals surface area contributed by atoms with Crippen LogP contribution in [0.15, 0.2) is 78.2 Å². The number of Topliss-reactive ketones (excluding diaryl/α,β-unsaturated/α-hetero) is 1. The number of hydrogen-bond donors (Lipinski definition) is 0. The Labute approximate surface area is 164 Å². The Morgan fingerprint density at radius 2 is 1.73 bits per heavy atom. The molecule has 0 aliphatic heterocycles. The van der Waals surface area contributed by atoms with Gasteiger partial charge in [0.1, 0.15) is 31.3 Å². The number of benzene rings is 2. The standard InChI is InChI=1S/C20H21N2O2S.ClH/c1-21-12-13-22(14-17-8-4-2-5-9-17)20(21)25-16-18(23)15-24-19-10-6-3-7-11-19;/h2-13H,14-16H2,1H3;1H/q+1;/p-1. The van der Waals surface area contributed by atoms with Gasteiger partial charge in [-0.2, -0.15) is 0 Å². The fraction of sp³-hybridized carbons (Fsp3) is 0.200. The molecule has 0 bridgehead atoms. The zero-order valence-electron chi connectivity index (χ0n) is 14.5. The number of aryl methyl sites for hydroxylation is 1. The summed E-state index contributed by atoms with van der Waals surface area (Å²) in [6, 6.07) is 19.7. The molecule has 3 rings (SSSR count). The summed E-state index contributed by atoms with van der Waals surface area (Å²) < 4.78 is 9.72. The van der Waals surface area contributed by atoms with Gasteiger partial charge in [0.2, 0.25) is 0 Å². The number of nitrogens with zero attached hydrogens (tertiary/aromatic N) is 2. The second kappa shape index (κ2) is 10.0. The van der Waals surface area contributed by atoms with Crippen LogP contribution in [-0.4, -0.2) is 22.7 Å². The van der Waals surface area contributed by atoms with Gasteiger partial charge in [0.25, 0.3) is 0 Å². The third-order valence-corrected chi connectivity index (χ3v) is 4.97. The predicted octanol–water partition coefficient (Wildman–Crippen LogP) is 0.105. The predicted molar refractivity (Wildman–Crippen MR) is 98.8 cm³/mol. The van der Waals surface area contributed by atoms with Crippen LogP contribution in [0.1, 0.15) is 5.56 Å². The summed E-state index contributed by atoms with van der Waals surface area (Å²) in [5.41, 5.74) is 1.24. The number of imidazole rings is 1. The van der Waals surface area contributed by atoms with Gasteiger partial charge in [-0.1, -0.05) is 48.5 Å². The fourth-order valence-corrected chi connectivity index (χ4v) is 3.39. The molecule has 0 saturated carbocycles. The number of para-hydroxylation sites is 1. The summed E-state index contributed by atoms with van der Waals surface area (Å²) in [4.78, 5) is 12.1. The molecule has 0 spiro atoms. The molecule has 0 aliphatic carbocycles. The fourth-order valence-electron chi connectivity index (χ4n) is 2.46. The van der Waals surface area contributed by atoms with E-state index in [-0.39, 0.29) is 24.8 Å². The molecule has 0 N–H and O–H groups in total. The Morgan fingerprint density at radius 1 is 1.08 bits per heavy atom. The van der Waals surface area contributed by atoms with E-state index in [0.717, 1.165) is 17.5 Å². The number of ketones is 1. The van der Waals surface area contributed by atoms with Crippen molar-refractivity contribution < 1.29 is 26.5 Å². The van der Waals surface area contributed by atoms with Crippen LogP contribution in [0.25, 0.3) is 0 Å². The normalized spacial score (nSPS) is 10.2. The molecule has 4 nitrogen and oxygen atoms in total. The molecule has 2 aromatic carbocycles. The maximum Gasteiger partial charge on any atom is 0.318 e. The first kappa shape index (κ1) is 20.1. The molecule has 136 valence electrons. The SMILES string of the molecule is C[n+]1ccn(Cc2ccccc2)c1SCC(=O)COc1ccccc1.[Cl-]. The number of carbonyl (C=O) groups is 1. The van der Waals surface area contributed by atoms with Gasteiger partial charge in [0.05, 0.1) is 12.8 Å². The molecule has 0 fully saturated rings. The van der Waals surface area contributed by atoms with Gasteiger partial charge in [-0.05, 0) is 29.5 Å². The highest BCUT2D eigenvalue weighted by Gasteiger charge is 2.17. The lowest BCUT2D eigenvalue weighted by atomic mass is 10.2. The minimum atomic E-state index is 0. The number of thioether (sulfide) groups is 1. The van der Waals surface area contributed by atoms with E-state index in [0.29, 0.717) is 5.75 Å². The summed E-state index contributed by atoms with van der Waals surface area (Å²) in [5.74, 6) is 1.18. The number of hydrogen-bond acceptors (Lipinski definition) is 3. The molecule has 26 heavy (non-hydrogen) atoms. The van der Waals surface area contributed by atoms with Crippen LogP contribution in [0.4, 0.5) is 0 Å². The Bertz CT molecular complexity index is 822. The lowest BCUT2D eigenvalue weighted by Crippen LogP contribution is -3.00. The molecular weight excluding hydrogens is 368 g/mol. The van der Waals surface area contributed by atoms with Crippen molar-refractivity contribution in [2.75, 3.05) is 12.4 Å². The molecule has 0 saturated heterocycles. The molecule has 0 unspecified atom stereocenters. The Morgan fingerprint density at radius 3 is 2.42 bits per heavy atom. The van der Waals surface area contributed by atoms with Crippen molar-refractivity contribution in [3.8, 4) is 5.75 Å². The molecule has 1 heterocycles. The lowest BCUT2D eigenvalue weighted by Gasteiger charge is -2.05. The zero-order valence-corrected chi connectivity index (χ0v) is 16.1. The summed E-state index contributed by atoms with van der Waals surface area (Å²) in [6.07, 6.45) is 4.05. The summed E-state index contributed by atoms with van der Waals surface area (Å²) in [6.45, 7) is 0.888. The second-order valence-corrected chi connectivity index (χ2v) is 6.68. The second-order valence-electron chi connectivity index (χ2n) is 5.73. The van der Waals surface area contributed by atoms with Gasteiger partial charge in [-0.25, -0.2) is 9.13 Å². The Hall–Kier alpha value is -2.24. The first-order valence-corrected chi connectivity index (χ1v) is 9.12. The largest absolute Gasteiger partial charge is 1.00 e. The van der Waals surface area contributed by atoms with Crippen molar-refractivity contribution in [1.29, 1.82) is 0 Å². The van der Waals surface area contributed by atoms with Gasteiger partial charge in [-0.15, -0.1) is 0 Å². The number of ether oxygens (including phenoxy) is 1.